The Hall–Kier alpha value is 0.210. The summed E-state index contributed by atoms with van der Waals surface area (Å²) in [5, 5.41) is 0. The molecule has 0 aromatic carbocycles. The molecule has 10 heavy (non-hydrogen) atoms. The fraction of sp³-hybridized carbons (Fsp3) is 1.00. The molecule has 0 heterocycles. The molecule has 0 aliphatic rings. The van der Waals surface area contributed by atoms with E-state index >= 15 is 0 Å². The highest BCUT2D eigenvalue weighted by Gasteiger charge is 2.48. The van der Waals surface area contributed by atoms with Gasteiger partial charge in [0.2, 0.25) is 0 Å². The Morgan fingerprint density at radius 1 is 1.20 bits per heavy atom. The third-order valence-electron chi connectivity index (χ3n) is 0.818. The van der Waals surface area contributed by atoms with E-state index in [1.807, 2.05) is 0 Å². The molecule has 0 amide bonds. The lowest BCUT2D eigenvalue weighted by molar-refractivity contribution is 0.284. The van der Waals surface area contributed by atoms with Gasteiger partial charge in [-0.1, -0.05) is 0 Å². The lowest BCUT2D eigenvalue weighted by atomic mass is 11.8. The van der Waals surface area contributed by atoms with Crippen molar-refractivity contribution in [3.63, 3.8) is 0 Å². The van der Waals surface area contributed by atoms with Crippen LogP contribution in [0.1, 0.15) is 0 Å². The molecule has 0 N–H and O–H groups in total. The maximum Gasteiger partial charge on any atom is 0.622 e. The van der Waals surface area contributed by atoms with Crippen molar-refractivity contribution in [1.29, 1.82) is 0 Å². The Morgan fingerprint density at radius 2 is 1.60 bits per heavy atom. The van der Waals surface area contributed by atoms with Gasteiger partial charge in [0.05, 0.1) is 7.11 Å². The molecule has 0 aliphatic carbocycles. The first-order valence-corrected chi connectivity index (χ1v) is 5.76. The first-order chi connectivity index (χ1) is 4.60. The van der Waals surface area contributed by atoms with Crippen LogP contribution in [-0.2, 0) is 22.7 Å². The molecule has 0 aliphatic heterocycles. The third kappa shape index (κ3) is 2.11. The van der Waals surface area contributed by atoms with Crippen LogP contribution in [0.2, 0.25) is 0 Å². The Balaban J connectivity index is 4.34. The van der Waals surface area contributed by atoms with Crippen molar-refractivity contribution in [3.8, 4) is 0 Å². The summed E-state index contributed by atoms with van der Waals surface area (Å²) in [5.41, 5.74) is 0. The summed E-state index contributed by atoms with van der Waals surface area (Å²) in [6.07, 6.45) is 0. The predicted octanol–water partition coefficient (Wildman–Crippen LogP) is 1.78. The van der Waals surface area contributed by atoms with Crippen LogP contribution in [0, 0.1) is 0 Å². The van der Waals surface area contributed by atoms with E-state index in [1.165, 1.54) is 7.11 Å². The van der Waals surface area contributed by atoms with E-state index in [-0.39, 0.29) is 0 Å². The highest BCUT2D eigenvalue weighted by molar-refractivity contribution is 8.21. The Morgan fingerprint density at radius 3 is 1.70 bits per heavy atom. The van der Waals surface area contributed by atoms with Crippen molar-refractivity contribution in [3.05, 3.63) is 0 Å². The predicted molar refractivity (Wildman–Crippen MR) is 36.2 cm³/mol. The molecule has 0 saturated heterocycles. The normalized spacial score (nSPS) is 13.3. The fourth-order valence-electron chi connectivity index (χ4n) is 0.308. The molecular formula is C3H9O5P2+. The fourth-order valence-corrected chi connectivity index (χ4v) is 2.32. The van der Waals surface area contributed by atoms with Crippen molar-refractivity contribution in [2.75, 3.05) is 21.3 Å². The van der Waals surface area contributed by atoms with E-state index < -0.39 is 15.0 Å². The Labute approximate surface area is 60.0 Å². The van der Waals surface area contributed by atoms with Crippen LogP contribution >= 0.6 is 15.0 Å². The quantitative estimate of drug-likeness (QED) is 0.627. The largest absolute Gasteiger partial charge is 0.622 e. The third-order valence-corrected chi connectivity index (χ3v) is 5.12. The molecule has 0 fully saturated rings. The summed E-state index contributed by atoms with van der Waals surface area (Å²) in [6.45, 7) is 0. The minimum atomic E-state index is -3.49. The van der Waals surface area contributed by atoms with Gasteiger partial charge in [-0.2, -0.15) is 0 Å². The zero-order valence-electron chi connectivity index (χ0n) is 5.94. The van der Waals surface area contributed by atoms with Gasteiger partial charge in [0, 0.05) is 14.2 Å². The average Bonchev–Trinajstić information content (AvgIpc) is 2.01. The first kappa shape index (κ1) is 10.2. The zero-order valence-corrected chi connectivity index (χ0v) is 7.72. The molecular weight excluding hydrogens is 178 g/mol. The van der Waals surface area contributed by atoms with Gasteiger partial charge in [0.15, 0.2) is 0 Å². The lowest BCUT2D eigenvalue weighted by Gasteiger charge is -1.97. The summed E-state index contributed by atoms with van der Waals surface area (Å²) in [4.78, 5) is 0. The van der Waals surface area contributed by atoms with E-state index in [2.05, 4.69) is 13.6 Å². The zero-order chi connectivity index (χ0) is 8.20. The van der Waals surface area contributed by atoms with Crippen LogP contribution in [-0.4, -0.2) is 21.3 Å². The van der Waals surface area contributed by atoms with Gasteiger partial charge in [0.1, 0.15) is 0 Å². The van der Waals surface area contributed by atoms with Gasteiger partial charge < -0.3 is 0 Å². The molecule has 0 saturated carbocycles. The molecule has 7 heteroatoms. The van der Waals surface area contributed by atoms with E-state index in [0.29, 0.717) is 0 Å². The second-order valence-corrected chi connectivity index (χ2v) is 6.21. The highest BCUT2D eigenvalue weighted by atomic mass is 32.1. The van der Waals surface area contributed by atoms with Gasteiger partial charge in [-0.05, 0) is 4.57 Å². The van der Waals surface area contributed by atoms with Crippen LogP contribution in [0.25, 0.3) is 0 Å². The van der Waals surface area contributed by atoms with Crippen molar-refractivity contribution in [1.82, 2.24) is 0 Å². The molecule has 0 radical (unpaired) electrons. The monoisotopic (exact) mass is 187 g/mol. The molecule has 0 aromatic heterocycles. The lowest BCUT2D eigenvalue weighted by Crippen LogP contribution is -1.83. The number of hydrogen-bond acceptors (Lipinski definition) is 5. The minimum absolute atomic E-state index is 1.15. The van der Waals surface area contributed by atoms with Gasteiger partial charge >= 0.3 is 15.0 Å². The number of rotatable bonds is 4. The molecule has 0 spiro atoms. The Kier molecular flexibility index (Phi) is 4.25. The molecule has 5 nitrogen and oxygen atoms in total. The minimum Gasteiger partial charge on any atom is -0.272 e. The molecule has 1 unspecified atom stereocenters. The van der Waals surface area contributed by atoms with Gasteiger partial charge in [0.25, 0.3) is 0 Å². The molecule has 0 aromatic rings. The maximum absolute atomic E-state index is 11.0. The van der Waals surface area contributed by atoms with Crippen LogP contribution in [0.4, 0.5) is 0 Å². The maximum atomic E-state index is 11.0. The van der Waals surface area contributed by atoms with E-state index in [1.54, 1.807) is 0 Å². The van der Waals surface area contributed by atoms with Crippen LogP contribution < -0.4 is 0 Å². The summed E-state index contributed by atoms with van der Waals surface area (Å²) >= 11 is 0. The number of hydrogen-bond donors (Lipinski definition) is 0. The molecule has 1 atom stereocenters. The second kappa shape index (κ2) is 4.16. The van der Waals surface area contributed by atoms with Gasteiger partial charge in [-0.15, -0.1) is 4.52 Å². The van der Waals surface area contributed by atoms with Crippen LogP contribution in [0.15, 0.2) is 0 Å². The van der Waals surface area contributed by atoms with Crippen molar-refractivity contribution in [2.45, 2.75) is 0 Å². The van der Waals surface area contributed by atoms with E-state index in [4.69, 9.17) is 0 Å². The topological polar surface area (TPSA) is 61.8 Å². The van der Waals surface area contributed by atoms with E-state index in [9.17, 15) is 9.13 Å². The molecule has 0 rings (SSSR count). The average molecular weight is 187 g/mol. The Bertz CT molecular complexity index is 158. The van der Waals surface area contributed by atoms with Crippen LogP contribution in [0.5, 0.6) is 0 Å². The second-order valence-electron chi connectivity index (χ2n) is 1.25. The first-order valence-electron chi connectivity index (χ1n) is 2.34. The summed E-state index contributed by atoms with van der Waals surface area (Å²) in [5.74, 6) is 0. The highest BCUT2D eigenvalue weighted by Crippen LogP contribution is 2.69. The van der Waals surface area contributed by atoms with Crippen molar-refractivity contribution in [2.24, 2.45) is 0 Å². The van der Waals surface area contributed by atoms with E-state index in [0.717, 1.165) is 14.2 Å². The summed E-state index contributed by atoms with van der Waals surface area (Å²) < 4.78 is 34.8. The smallest absolute Gasteiger partial charge is 0.272 e. The molecule has 60 valence electrons. The van der Waals surface area contributed by atoms with Gasteiger partial charge in [-0.3, -0.25) is 9.05 Å². The van der Waals surface area contributed by atoms with Crippen molar-refractivity contribution < 1.29 is 22.7 Å². The standard InChI is InChI=1S/C3H9O5P2/c1-6-9(4)10(5,7-2)8-3/h1-3H3/q+1. The van der Waals surface area contributed by atoms with Crippen molar-refractivity contribution >= 4 is 15.0 Å². The summed E-state index contributed by atoms with van der Waals surface area (Å²) in [7, 11) is -2.38. The summed E-state index contributed by atoms with van der Waals surface area (Å²) in [6, 6.07) is 0. The SMILES string of the molecule is CO[P+](=O)P(=O)(OC)OC. The molecule has 0 bridgehead atoms. The van der Waals surface area contributed by atoms with Gasteiger partial charge in [-0.25, -0.2) is 4.57 Å². The van der Waals surface area contributed by atoms with Crippen LogP contribution in [0.3, 0.4) is 0 Å².